The number of aliphatic hydroxyl groups excluding tert-OH is 1. The van der Waals surface area contributed by atoms with E-state index in [2.05, 4.69) is 5.32 Å². The van der Waals surface area contributed by atoms with Crippen LogP contribution in [0, 0.1) is 5.92 Å². The Kier molecular flexibility index (Phi) is 6.18. The van der Waals surface area contributed by atoms with Crippen LogP contribution in [0.1, 0.15) is 32.1 Å². The van der Waals surface area contributed by atoms with Gasteiger partial charge >= 0.3 is 0 Å². The maximum absolute atomic E-state index is 9.85. The number of nitrogens with one attached hydrogen (secondary N) is 1. The quantitative estimate of drug-likeness (QED) is 0.794. The Labute approximate surface area is 116 Å². The Balaban J connectivity index is 1.55. The molecule has 1 atom stereocenters. The Morgan fingerprint density at radius 3 is 2.63 bits per heavy atom. The van der Waals surface area contributed by atoms with Crippen molar-refractivity contribution < 1.29 is 9.84 Å². The van der Waals surface area contributed by atoms with Crippen molar-refractivity contribution in [2.24, 2.45) is 5.92 Å². The van der Waals surface area contributed by atoms with Crippen molar-refractivity contribution in [3.05, 3.63) is 30.3 Å². The van der Waals surface area contributed by atoms with E-state index >= 15 is 0 Å². The van der Waals surface area contributed by atoms with E-state index in [-0.39, 0.29) is 0 Å². The van der Waals surface area contributed by atoms with Crippen molar-refractivity contribution in [2.45, 2.75) is 38.2 Å². The lowest BCUT2D eigenvalue weighted by Gasteiger charge is -2.22. The van der Waals surface area contributed by atoms with Gasteiger partial charge < -0.3 is 15.2 Å². The van der Waals surface area contributed by atoms with Crippen molar-refractivity contribution in [3.8, 4) is 5.75 Å². The van der Waals surface area contributed by atoms with Crippen molar-refractivity contribution >= 4 is 0 Å². The maximum atomic E-state index is 9.85. The van der Waals surface area contributed by atoms with Crippen molar-refractivity contribution in [1.29, 1.82) is 0 Å². The van der Waals surface area contributed by atoms with Crippen LogP contribution in [0.5, 0.6) is 5.75 Å². The molecule has 0 spiro atoms. The molecular formula is C16H25NO2. The first-order chi connectivity index (χ1) is 9.34. The molecule has 1 aliphatic carbocycles. The highest BCUT2D eigenvalue weighted by atomic mass is 16.5. The number of hydrogen-bond acceptors (Lipinski definition) is 3. The normalized spacial score (nSPS) is 18.2. The minimum atomic E-state index is -0.441. The first-order valence-corrected chi connectivity index (χ1v) is 7.41. The number of benzene rings is 1. The summed E-state index contributed by atoms with van der Waals surface area (Å²) in [7, 11) is 0. The molecule has 0 unspecified atom stereocenters. The van der Waals surface area contributed by atoms with Gasteiger partial charge in [0.05, 0.1) is 0 Å². The van der Waals surface area contributed by atoms with E-state index in [1.54, 1.807) is 0 Å². The monoisotopic (exact) mass is 263 g/mol. The summed E-state index contributed by atoms with van der Waals surface area (Å²) in [6.07, 6.45) is 6.36. The van der Waals surface area contributed by atoms with Crippen LogP contribution in [-0.4, -0.2) is 30.9 Å². The smallest absolute Gasteiger partial charge is 0.119 e. The predicted octanol–water partition coefficient (Wildman–Crippen LogP) is 2.60. The molecule has 0 amide bonds. The Bertz CT molecular complexity index is 336. The van der Waals surface area contributed by atoms with Gasteiger partial charge in [-0.3, -0.25) is 0 Å². The molecule has 0 aromatic heterocycles. The van der Waals surface area contributed by atoms with Gasteiger partial charge in [0.2, 0.25) is 0 Å². The summed E-state index contributed by atoms with van der Waals surface area (Å²) in [5, 5.41) is 13.2. The fourth-order valence-electron chi connectivity index (χ4n) is 2.61. The van der Waals surface area contributed by atoms with Gasteiger partial charge in [0.25, 0.3) is 0 Å². The molecule has 19 heavy (non-hydrogen) atoms. The summed E-state index contributed by atoms with van der Waals surface area (Å²) >= 11 is 0. The minimum absolute atomic E-state index is 0.349. The zero-order chi connectivity index (χ0) is 13.3. The van der Waals surface area contributed by atoms with Crippen LogP contribution in [0.3, 0.4) is 0 Å². The Hall–Kier alpha value is -1.06. The van der Waals surface area contributed by atoms with E-state index in [0.29, 0.717) is 13.2 Å². The van der Waals surface area contributed by atoms with Gasteiger partial charge in [0.15, 0.2) is 0 Å². The van der Waals surface area contributed by atoms with E-state index < -0.39 is 6.10 Å². The zero-order valence-corrected chi connectivity index (χ0v) is 11.6. The molecule has 2 N–H and O–H groups in total. The summed E-state index contributed by atoms with van der Waals surface area (Å²) in [6, 6.07) is 9.63. The lowest BCUT2D eigenvalue weighted by atomic mass is 9.89. The summed E-state index contributed by atoms with van der Waals surface area (Å²) in [5.74, 6) is 1.62. The van der Waals surface area contributed by atoms with Gasteiger partial charge in [-0.05, 0) is 37.4 Å². The van der Waals surface area contributed by atoms with E-state index in [1.807, 2.05) is 30.3 Å². The second-order valence-electron chi connectivity index (χ2n) is 5.44. The third-order valence-corrected chi connectivity index (χ3v) is 3.72. The van der Waals surface area contributed by atoms with Crippen LogP contribution < -0.4 is 10.1 Å². The number of para-hydroxylation sites is 1. The second kappa shape index (κ2) is 8.18. The molecule has 1 aromatic carbocycles. The van der Waals surface area contributed by atoms with E-state index in [9.17, 15) is 5.11 Å². The third-order valence-electron chi connectivity index (χ3n) is 3.72. The Morgan fingerprint density at radius 1 is 1.16 bits per heavy atom. The standard InChI is InChI=1S/C16H25NO2/c18-15(13-19-16-9-5-2-6-10-16)12-17-11-14-7-3-1-4-8-14/h2,5-6,9-10,14-15,17-18H,1,3-4,7-8,11-13H2/t15-/m0/s1. The lowest BCUT2D eigenvalue weighted by molar-refractivity contribution is 0.105. The molecule has 0 bridgehead atoms. The summed E-state index contributed by atoms with van der Waals surface area (Å²) in [6.45, 7) is 1.99. The molecular weight excluding hydrogens is 238 g/mol. The Morgan fingerprint density at radius 2 is 1.89 bits per heavy atom. The SMILES string of the molecule is O[C@@H](CNCC1CCCCC1)COc1ccccc1. The maximum Gasteiger partial charge on any atom is 0.119 e. The van der Waals surface area contributed by atoms with Crippen LogP contribution in [0.2, 0.25) is 0 Å². The first-order valence-electron chi connectivity index (χ1n) is 7.41. The lowest BCUT2D eigenvalue weighted by Crippen LogP contribution is -2.34. The summed E-state index contributed by atoms with van der Waals surface area (Å²) in [4.78, 5) is 0. The van der Waals surface area contributed by atoms with Gasteiger partial charge in [0, 0.05) is 6.54 Å². The molecule has 0 radical (unpaired) electrons. The molecule has 106 valence electrons. The average molecular weight is 263 g/mol. The molecule has 3 heteroatoms. The highest BCUT2D eigenvalue weighted by Gasteiger charge is 2.13. The van der Waals surface area contributed by atoms with Crippen LogP contribution in [0.15, 0.2) is 30.3 Å². The molecule has 1 fully saturated rings. The fraction of sp³-hybridized carbons (Fsp3) is 0.625. The molecule has 1 aliphatic rings. The van der Waals surface area contributed by atoms with Crippen LogP contribution in [0.25, 0.3) is 0 Å². The zero-order valence-electron chi connectivity index (χ0n) is 11.6. The van der Waals surface area contributed by atoms with Crippen LogP contribution in [-0.2, 0) is 0 Å². The number of ether oxygens (including phenoxy) is 1. The fourth-order valence-corrected chi connectivity index (χ4v) is 2.61. The van der Waals surface area contributed by atoms with E-state index in [1.165, 1.54) is 32.1 Å². The van der Waals surface area contributed by atoms with E-state index in [0.717, 1.165) is 18.2 Å². The molecule has 3 nitrogen and oxygen atoms in total. The van der Waals surface area contributed by atoms with E-state index in [4.69, 9.17) is 4.74 Å². The van der Waals surface area contributed by atoms with Gasteiger partial charge in [0.1, 0.15) is 18.5 Å². The topological polar surface area (TPSA) is 41.5 Å². The van der Waals surface area contributed by atoms with Gasteiger partial charge in [-0.25, -0.2) is 0 Å². The molecule has 0 saturated heterocycles. The van der Waals surface area contributed by atoms with Gasteiger partial charge in [-0.1, -0.05) is 37.5 Å². The van der Waals surface area contributed by atoms with Crippen LogP contribution >= 0.6 is 0 Å². The molecule has 1 aromatic rings. The number of rotatable bonds is 7. The highest BCUT2D eigenvalue weighted by Crippen LogP contribution is 2.22. The van der Waals surface area contributed by atoms with Gasteiger partial charge in [-0.15, -0.1) is 0 Å². The predicted molar refractivity (Wildman–Crippen MR) is 77.4 cm³/mol. The largest absolute Gasteiger partial charge is 0.491 e. The number of hydrogen-bond donors (Lipinski definition) is 2. The molecule has 0 heterocycles. The van der Waals surface area contributed by atoms with Crippen molar-refractivity contribution in [3.63, 3.8) is 0 Å². The van der Waals surface area contributed by atoms with Crippen molar-refractivity contribution in [2.75, 3.05) is 19.7 Å². The molecule has 2 rings (SSSR count). The second-order valence-corrected chi connectivity index (χ2v) is 5.44. The number of aliphatic hydroxyl groups is 1. The van der Waals surface area contributed by atoms with Crippen molar-refractivity contribution in [1.82, 2.24) is 5.32 Å². The first kappa shape index (κ1) is 14.4. The summed E-state index contributed by atoms with van der Waals surface area (Å²) < 4.78 is 5.52. The third kappa shape index (κ3) is 5.62. The minimum Gasteiger partial charge on any atom is -0.491 e. The molecule has 1 saturated carbocycles. The highest BCUT2D eigenvalue weighted by molar-refractivity contribution is 5.20. The van der Waals surface area contributed by atoms with Crippen LogP contribution in [0.4, 0.5) is 0 Å². The summed E-state index contributed by atoms with van der Waals surface area (Å²) in [5.41, 5.74) is 0. The van der Waals surface area contributed by atoms with Gasteiger partial charge in [-0.2, -0.15) is 0 Å². The molecule has 0 aliphatic heterocycles. The average Bonchev–Trinajstić information content (AvgIpc) is 2.47.